The smallest absolute Gasteiger partial charge is 0.327 e. The van der Waals surface area contributed by atoms with Crippen molar-refractivity contribution in [2.75, 3.05) is 39.1 Å². The van der Waals surface area contributed by atoms with Crippen molar-refractivity contribution in [1.29, 1.82) is 0 Å². The first-order valence-electron chi connectivity index (χ1n) is 14.5. The van der Waals surface area contributed by atoms with Crippen LogP contribution in [0.1, 0.15) is 50.2 Å². The number of benzene rings is 1. The molecule has 2 aromatic heterocycles. The lowest BCUT2D eigenvalue weighted by Crippen LogP contribution is -2.46. The van der Waals surface area contributed by atoms with Gasteiger partial charge in [-0.05, 0) is 43.4 Å². The maximum absolute atomic E-state index is 13.6. The fourth-order valence-electron chi connectivity index (χ4n) is 5.16. The molecule has 1 aliphatic heterocycles. The predicted molar refractivity (Wildman–Crippen MR) is 159 cm³/mol. The van der Waals surface area contributed by atoms with Crippen molar-refractivity contribution >= 4 is 34.8 Å². The van der Waals surface area contributed by atoms with Crippen molar-refractivity contribution in [2.24, 2.45) is 5.73 Å². The average Bonchev–Trinajstić information content (AvgIpc) is 3.58. The zero-order chi connectivity index (χ0) is 30.9. The minimum atomic E-state index is -0.466. The minimum Gasteiger partial charge on any atom is -0.469 e. The third-order valence-corrected chi connectivity index (χ3v) is 7.52. The van der Waals surface area contributed by atoms with E-state index in [4.69, 9.17) is 20.9 Å². The third-order valence-electron chi connectivity index (χ3n) is 7.52. The van der Waals surface area contributed by atoms with E-state index in [1.807, 2.05) is 36.1 Å². The molecular weight excluding hydrogens is 556 g/mol. The summed E-state index contributed by atoms with van der Waals surface area (Å²) in [5.74, 6) is -0.805. The Morgan fingerprint density at radius 1 is 1.14 bits per heavy atom. The number of likely N-dealkylation sites (tertiary alicyclic amines) is 1. The molecule has 1 atom stereocenters. The molecule has 1 saturated heterocycles. The second-order valence-electron chi connectivity index (χ2n) is 10.6. The van der Waals surface area contributed by atoms with Gasteiger partial charge in [-0.3, -0.25) is 23.9 Å². The molecule has 14 heteroatoms. The summed E-state index contributed by atoms with van der Waals surface area (Å²) in [4.78, 5) is 64.7. The highest BCUT2D eigenvalue weighted by Crippen LogP contribution is 2.20. The number of nitrogen functional groups attached to an aromatic ring is 1. The van der Waals surface area contributed by atoms with Crippen molar-refractivity contribution in [3.63, 3.8) is 0 Å². The Morgan fingerprint density at radius 3 is 2.58 bits per heavy atom. The molecule has 14 nitrogen and oxygen atoms in total. The number of anilines is 1. The molecule has 0 saturated carbocycles. The Kier molecular flexibility index (Phi) is 10.7. The number of H-pyrrole nitrogens is 1. The number of unbranched alkanes of at least 4 members (excludes halogenated alkanes) is 1. The standard InChI is InChI=1S/C29H40N8O6/c1-3-4-15-43-28-33-25(30)24-27(34-28)37(29(41)32-24)14-6-13-36(22(38)18-35-12-5-7-21(35)26(31)40)17-20-10-8-19(9-11-20)16-23(39)42-2/h8-11,21H,3-7,12-18H2,1-2H3,(H2,31,40)(H,32,41)(H2,30,33,34)/t21-/m1/s1. The first-order chi connectivity index (χ1) is 20.7. The maximum Gasteiger partial charge on any atom is 0.327 e. The van der Waals surface area contributed by atoms with Gasteiger partial charge in [0.15, 0.2) is 11.5 Å². The van der Waals surface area contributed by atoms with Gasteiger partial charge in [0, 0.05) is 19.6 Å². The fourth-order valence-corrected chi connectivity index (χ4v) is 5.16. The Bertz CT molecular complexity index is 1480. The van der Waals surface area contributed by atoms with Crippen LogP contribution in [0.25, 0.3) is 11.2 Å². The van der Waals surface area contributed by atoms with E-state index >= 15 is 0 Å². The van der Waals surface area contributed by atoms with Gasteiger partial charge in [0.25, 0.3) is 0 Å². The number of carbonyl (C=O) groups excluding carboxylic acids is 3. The van der Waals surface area contributed by atoms with Gasteiger partial charge in [0.05, 0.1) is 32.7 Å². The largest absolute Gasteiger partial charge is 0.469 e. The number of ether oxygens (including phenoxy) is 2. The number of methoxy groups -OCH3 is 1. The van der Waals surface area contributed by atoms with Gasteiger partial charge in [0.2, 0.25) is 11.8 Å². The van der Waals surface area contributed by atoms with Crippen LogP contribution in [-0.4, -0.2) is 86.5 Å². The summed E-state index contributed by atoms with van der Waals surface area (Å²) in [6.45, 7) is 4.05. The van der Waals surface area contributed by atoms with E-state index in [2.05, 4.69) is 15.0 Å². The molecule has 0 radical (unpaired) electrons. The lowest BCUT2D eigenvalue weighted by Gasteiger charge is -2.27. The molecule has 0 spiro atoms. The zero-order valence-electron chi connectivity index (χ0n) is 24.7. The Balaban J connectivity index is 1.49. The molecule has 3 aromatic rings. The van der Waals surface area contributed by atoms with Gasteiger partial charge in [-0.15, -0.1) is 0 Å². The number of aromatic nitrogens is 4. The molecule has 43 heavy (non-hydrogen) atoms. The van der Waals surface area contributed by atoms with Crippen molar-refractivity contribution in [2.45, 2.75) is 64.6 Å². The van der Waals surface area contributed by atoms with Crippen LogP contribution in [0.4, 0.5) is 5.82 Å². The second-order valence-corrected chi connectivity index (χ2v) is 10.6. The summed E-state index contributed by atoms with van der Waals surface area (Å²) < 4.78 is 11.8. The monoisotopic (exact) mass is 596 g/mol. The fraction of sp³-hybridized carbons (Fsp3) is 0.517. The number of aromatic amines is 1. The number of esters is 1. The van der Waals surface area contributed by atoms with Crippen LogP contribution in [-0.2, 0) is 38.6 Å². The number of amides is 2. The number of imidazole rings is 1. The van der Waals surface area contributed by atoms with Crippen LogP contribution < -0.4 is 21.9 Å². The van der Waals surface area contributed by atoms with Crippen LogP contribution in [0.3, 0.4) is 0 Å². The quantitative estimate of drug-likeness (QED) is 0.168. The predicted octanol–water partition coefficient (Wildman–Crippen LogP) is 0.965. The summed E-state index contributed by atoms with van der Waals surface area (Å²) in [6, 6.07) is 7.03. The third kappa shape index (κ3) is 8.09. The van der Waals surface area contributed by atoms with Crippen LogP contribution in [0.5, 0.6) is 6.01 Å². The Hall–Kier alpha value is -4.46. The van der Waals surface area contributed by atoms with Gasteiger partial charge < -0.3 is 30.8 Å². The number of hydrogen-bond acceptors (Lipinski definition) is 10. The van der Waals surface area contributed by atoms with E-state index < -0.39 is 11.9 Å². The molecule has 5 N–H and O–H groups in total. The first kappa shape index (κ1) is 31.5. The molecule has 0 aliphatic carbocycles. The van der Waals surface area contributed by atoms with Gasteiger partial charge in [0.1, 0.15) is 5.52 Å². The van der Waals surface area contributed by atoms with Crippen molar-refractivity contribution in [3.8, 4) is 6.01 Å². The highest BCUT2D eigenvalue weighted by Gasteiger charge is 2.31. The number of nitrogens with two attached hydrogens (primary N) is 2. The molecular formula is C29H40N8O6. The minimum absolute atomic E-state index is 0.0588. The molecule has 1 aromatic carbocycles. The Labute approximate surface area is 249 Å². The summed E-state index contributed by atoms with van der Waals surface area (Å²) in [6.07, 6.45) is 3.79. The molecule has 2 amide bonds. The molecule has 4 rings (SSSR count). The number of fused-ring (bicyclic) bond motifs is 1. The van der Waals surface area contributed by atoms with E-state index in [9.17, 15) is 19.2 Å². The summed E-state index contributed by atoms with van der Waals surface area (Å²) in [5.41, 5.74) is 13.6. The van der Waals surface area contributed by atoms with Crippen LogP contribution in [0, 0.1) is 0 Å². The van der Waals surface area contributed by atoms with Crippen LogP contribution >= 0.6 is 0 Å². The van der Waals surface area contributed by atoms with Crippen molar-refractivity contribution in [3.05, 3.63) is 45.9 Å². The zero-order valence-corrected chi connectivity index (χ0v) is 24.7. The number of nitrogens with one attached hydrogen (secondary N) is 1. The highest BCUT2D eigenvalue weighted by molar-refractivity contribution is 5.83. The number of rotatable bonds is 15. The number of nitrogens with zero attached hydrogens (tertiary/aromatic N) is 5. The van der Waals surface area contributed by atoms with Crippen LogP contribution in [0.15, 0.2) is 29.1 Å². The second kappa shape index (κ2) is 14.6. The highest BCUT2D eigenvalue weighted by atomic mass is 16.5. The topological polar surface area (TPSA) is 192 Å². The van der Waals surface area contributed by atoms with E-state index in [0.717, 1.165) is 30.4 Å². The lowest BCUT2D eigenvalue weighted by atomic mass is 10.1. The van der Waals surface area contributed by atoms with E-state index in [-0.39, 0.29) is 48.9 Å². The van der Waals surface area contributed by atoms with Gasteiger partial charge in [-0.25, -0.2) is 4.79 Å². The van der Waals surface area contributed by atoms with E-state index in [0.29, 0.717) is 50.2 Å². The van der Waals surface area contributed by atoms with Crippen molar-refractivity contribution in [1.82, 2.24) is 29.3 Å². The molecule has 232 valence electrons. The normalized spacial score (nSPS) is 15.1. The molecule has 1 aliphatic rings. The number of aryl methyl sites for hydroxylation is 1. The number of hydrogen-bond donors (Lipinski definition) is 3. The first-order valence-corrected chi connectivity index (χ1v) is 14.5. The SMILES string of the molecule is CCCCOc1nc(N)c2[nH]c(=O)n(CCCN(Cc3ccc(CC(=O)OC)cc3)C(=O)CN3CCC[C@@H]3C(N)=O)c2n1. The molecule has 0 unspecified atom stereocenters. The maximum atomic E-state index is 13.6. The average molecular weight is 597 g/mol. The van der Waals surface area contributed by atoms with Crippen LogP contribution in [0.2, 0.25) is 0 Å². The van der Waals surface area contributed by atoms with Gasteiger partial charge >= 0.3 is 17.7 Å². The molecule has 3 heterocycles. The van der Waals surface area contributed by atoms with Crippen molar-refractivity contribution < 1.29 is 23.9 Å². The summed E-state index contributed by atoms with van der Waals surface area (Å²) in [5, 5.41) is 0. The summed E-state index contributed by atoms with van der Waals surface area (Å²) in [7, 11) is 1.34. The number of carbonyl (C=O) groups is 3. The Morgan fingerprint density at radius 2 is 1.88 bits per heavy atom. The lowest BCUT2D eigenvalue weighted by molar-refractivity contribution is -0.140. The summed E-state index contributed by atoms with van der Waals surface area (Å²) >= 11 is 0. The van der Waals surface area contributed by atoms with Gasteiger partial charge in [-0.2, -0.15) is 9.97 Å². The molecule has 1 fully saturated rings. The van der Waals surface area contributed by atoms with E-state index in [1.165, 1.54) is 11.7 Å². The molecule has 0 bridgehead atoms. The van der Waals surface area contributed by atoms with E-state index in [1.54, 1.807) is 4.90 Å². The van der Waals surface area contributed by atoms with Gasteiger partial charge in [-0.1, -0.05) is 37.6 Å². The number of primary amides is 1.